The molecule has 144 valence electrons. The van der Waals surface area contributed by atoms with Crippen molar-refractivity contribution in [3.05, 3.63) is 24.5 Å². The summed E-state index contributed by atoms with van der Waals surface area (Å²) < 4.78 is 6.61. The summed E-state index contributed by atoms with van der Waals surface area (Å²) in [5, 5.41) is 4.57. The minimum Gasteiger partial charge on any atom is -0.453 e. The lowest BCUT2D eigenvalue weighted by atomic mass is 10.0. The monoisotopic (exact) mass is 372 g/mol. The molecule has 2 aliphatic heterocycles. The number of amides is 2. The van der Waals surface area contributed by atoms with Crippen molar-refractivity contribution < 1.29 is 14.3 Å². The highest BCUT2D eigenvalue weighted by Crippen LogP contribution is 2.21. The van der Waals surface area contributed by atoms with Crippen LogP contribution in [0.25, 0.3) is 5.65 Å². The number of aromatic nitrogens is 3. The number of piperidine rings is 1. The Morgan fingerprint density at radius 2 is 1.93 bits per heavy atom. The number of methoxy groups -OCH3 is 1. The Labute approximate surface area is 157 Å². The maximum absolute atomic E-state index is 13.0. The van der Waals surface area contributed by atoms with Crippen LogP contribution in [0.4, 0.5) is 10.6 Å². The van der Waals surface area contributed by atoms with Crippen LogP contribution in [0, 0.1) is 0 Å². The first-order valence-corrected chi connectivity index (χ1v) is 9.36. The molecule has 2 saturated heterocycles. The minimum atomic E-state index is -0.412. The minimum absolute atomic E-state index is 0.0257. The predicted molar refractivity (Wildman–Crippen MR) is 98.5 cm³/mol. The summed E-state index contributed by atoms with van der Waals surface area (Å²) in [5.41, 5.74) is 0.813. The number of carbonyl (C=O) groups excluding carboxylic acids is 2. The van der Waals surface area contributed by atoms with E-state index in [1.165, 1.54) is 7.11 Å². The zero-order chi connectivity index (χ0) is 18.8. The Kier molecular flexibility index (Phi) is 4.83. The van der Waals surface area contributed by atoms with Crippen LogP contribution in [0.2, 0.25) is 0 Å². The number of hydrogen-bond acceptors (Lipinski definition) is 6. The molecular formula is C18H24N6O3. The molecule has 0 N–H and O–H groups in total. The topological polar surface area (TPSA) is 83.3 Å². The van der Waals surface area contributed by atoms with Gasteiger partial charge in [-0.1, -0.05) is 0 Å². The van der Waals surface area contributed by atoms with Gasteiger partial charge in [0.05, 0.1) is 7.11 Å². The molecule has 0 aliphatic carbocycles. The third-order valence-electron chi connectivity index (χ3n) is 5.35. The molecule has 0 saturated carbocycles. The fourth-order valence-corrected chi connectivity index (χ4v) is 3.86. The highest BCUT2D eigenvalue weighted by atomic mass is 16.5. The molecule has 2 amide bonds. The number of anilines is 1. The Bertz CT molecular complexity index is 829. The van der Waals surface area contributed by atoms with Crippen molar-refractivity contribution in [2.45, 2.75) is 25.3 Å². The molecule has 2 aromatic rings. The maximum atomic E-state index is 13.0. The van der Waals surface area contributed by atoms with Gasteiger partial charge in [-0.05, 0) is 31.4 Å². The summed E-state index contributed by atoms with van der Waals surface area (Å²) in [5.74, 6) is 0.902. The van der Waals surface area contributed by atoms with Gasteiger partial charge in [0.1, 0.15) is 11.9 Å². The van der Waals surface area contributed by atoms with E-state index in [0.29, 0.717) is 39.1 Å². The van der Waals surface area contributed by atoms with Gasteiger partial charge in [0, 0.05) is 45.1 Å². The Morgan fingerprint density at radius 1 is 1.11 bits per heavy atom. The molecule has 2 fully saturated rings. The van der Waals surface area contributed by atoms with E-state index >= 15 is 0 Å². The highest BCUT2D eigenvalue weighted by Gasteiger charge is 2.36. The first-order valence-electron chi connectivity index (χ1n) is 9.36. The number of nitrogens with zero attached hydrogens (tertiary/aromatic N) is 6. The fraction of sp³-hybridized carbons (Fsp3) is 0.556. The van der Waals surface area contributed by atoms with Crippen molar-refractivity contribution in [3.8, 4) is 0 Å². The lowest BCUT2D eigenvalue weighted by Crippen LogP contribution is -2.57. The molecule has 0 unspecified atom stereocenters. The molecule has 27 heavy (non-hydrogen) atoms. The van der Waals surface area contributed by atoms with E-state index in [-0.39, 0.29) is 5.91 Å². The van der Waals surface area contributed by atoms with E-state index in [1.807, 2.05) is 23.2 Å². The molecule has 2 aromatic heterocycles. The third kappa shape index (κ3) is 3.41. The number of carbonyl (C=O) groups is 2. The smallest absolute Gasteiger partial charge is 0.410 e. The van der Waals surface area contributed by atoms with Gasteiger partial charge in [-0.25, -0.2) is 14.3 Å². The van der Waals surface area contributed by atoms with Crippen LogP contribution in [-0.4, -0.2) is 82.3 Å². The summed E-state index contributed by atoms with van der Waals surface area (Å²) in [4.78, 5) is 34.8. The van der Waals surface area contributed by atoms with Gasteiger partial charge < -0.3 is 14.5 Å². The number of ether oxygens (including phenoxy) is 1. The van der Waals surface area contributed by atoms with E-state index in [0.717, 1.165) is 24.3 Å². The predicted octanol–water partition coefficient (Wildman–Crippen LogP) is 0.999. The number of piperazine rings is 1. The van der Waals surface area contributed by atoms with Gasteiger partial charge in [-0.2, -0.15) is 0 Å². The van der Waals surface area contributed by atoms with Crippen LogP contribution in [0.5, 0.6) is 0 Å². The largest absolute Gasteiger partial charge is 0.453 e. The molecule has 0 aromatic carbocycles. The van der Waals surface area contributed by atoms with Crippen LogP contribution < -0.4 is 4.90 Å². The van der Waals surface area contributed by atoms with E-state index < -0.39 is 12.1 Å². The maximum Gasteiger partial charge on any atom is 0.410 e. The quantitative estimate of drug-likeness (QED) is 0.782. The molecule has 0 spiro atoms. The summed E-state index contributed by atoms with van der Waals surface area (Å²) in [6.45, 7) is 3.24. The summed E-state index contributed by atoms with van der Waals surface area (Å²) in [7, 11) is 1.36. The second-order valence-corrected chi connectivity index (χ2v) is 6.91. The lowest BCUT2D eigenvalue weighted by Gasteiger charge is -2.40. The van der Waals surface area contributed by atoms with Crippen molar-refractivity contribution in [1.82, 2.24) is 24.4 Å². The van der Waals surface area contributed by atoms with Crippen LogP contribution in [0.1, 0.15) is 19.3 Å². The van der Waals surface area contributed by atoms with Gasteiger partial charge in [0.2, 0.25) is 5.91 Å². The highest BCUT2D eigenvalue weighted by molar-refractivity contribution is 5.86. The molecule has 4 heterocycles. The van der Waals surface area contributed by atoms with Crippen molar-refractivity contribution in [2.75, 3.05) is 44.7 Å². The molecule has 2 aliphatic rings. The molecule has 4 rings (SSSR count). The fourth-order valence-electron chi connectivity index (χ4n) is 3.86. The van der Waals surface area contributed by atoms with Crippen LogP contribution in [0.15, 0.2) is 24.5 Å². The van der Waals surface area contributed by atoms with Crippen molar-refractivity contribution in [3.63, 3.8) is 0 Å². The summed E-state index contributed by atoms with van der Waals surface area (Å²) in [6.07, 6.45) is 5.70. The number of fused-ring (bicyclic) bond motifs is 1. The number of hydrogen-bond donors (Lipinski definition) is 0. The standard InChI is InChI=1S/C18H24N6O3/c1-27-18(26)23-8-3-2-4-14(23)17(25)22-12-10-21(11-13-22)16-6-5-15-19-7-9-24(15)20-16/h5-7,9,14H,2-4,8,10-13H2,1H3/t14-/m0/s1. The number of likely N-dealkylation sites (tertiary alicyclic amines) is 1. The van der Waals surface area contributed by atoms with Crippen molar-refractivity contribution in [2.24, 2.45) is 0 Å². The normalized spacial score (nSPS) is 20.8. The second-order valence-electron chi connectivity index (χ2n) is 6.91. The molecular weight excluding hydrogens is 348 g/mol. The number of imidazole rings is 1. The van der Waals surface area contributed by atoms with E-state index in [2.05, 4.69) is 15.0 Å². The van der Waals surface area contributed by atoms with Gasteiger partial charge in [-0.3, -0.25) is 9.69 Å². The SMILES string of the molecule is COC(=O)N1CCCC[C@H]1C(=O)N1CCN(c2ccc3nccn3n2)CC1. The third-order valence-corrected chi connectivity index (χ3v) is 5.35. The van der Waals surface area contributed by atoms with E-state index in [4.69, 9.17) is 4.74 Å². The molecule has 9 heteroatoms. The number of rotatable bonds is 2. The van der Waals surface area contributed by atoms with Crippen LogP contribution in [-0.2, 0) is 9.53 Å². The van der Waals surface area contributed by atoms with Crippen LogP contribution >= 0.6 is 0 Å². The molecule has 0 bridgehead atoms. The molecule has 1 atom stereocenters. The van der Waals surface area contributed by atoms with Crippen molar-refractivity contribution >= 4 is 23.5 Å². The van der Waals surface area contributed by atoms with E-state index in [1.54, 1.807) is 15.6 Å². The average molecular weight is 372 g/mol. The first-order chi connectivity index (χ1) is 13.2. The molecule has 9 nitrogen and oxygen atoms in total. The Hall–Kier alpha value is -2.84. The van der Waals surface area contributed by atoms with Gasteiger partial charge in [0.15, 0.2) is 5.65 Å². The van der Waals surface area contributed by atoms with Gasteiger partial charge >= 0.3 is 6.09 Å². The molecule has 0 radical (unpaired) electrons. The average Bonchev–Trinajstić information content (AvgIpc) is 3.20. The van der Waals surface area contributed by atoms with Crippen LogP contribution in [0.3, 0.4) is 0 Å². The van der Waals surface area contributed by atoms with Crippen molar-refractivity contribution in [1.29, 1.82) is 0 Å². The van der Waals surface area contributed by atoms with Gasteiger partial charge in [0.25, 0.3) is 0 Å². The lowest BCUT2D eigenvalue weighted by molar-refractivity contribution is -0.137. The Morgan fingerprint density at radius 3 is 2.70 bits per heavy atom. The first kappa shape index (κ1) is 17.6. The Balaban J connectivity index is 1.40. The van der Waals surface area contributed by atoms with E-state index in [9.17, 15) is 9.59 Å². The zero-order valence-corrected chi connectivity index (χ0v) is 15.5. The summed E-state index contributed by atoms with van der Waals surface area (Å²) >= 11 is 0. The van der Waals surface area contributed by atoms with Gasteiger partial charge in [-0.15, -0.1) is 5.10 Å². The second kappa shape index (κ2) is 7.42. The summed E-state index contributed by atoms with van der Waals surface area (Å²) in [6, 6.07) is 3.49. The zero-order valence-electron chi connectivity index (χ0n) is 15.5.